The molecule has 1 amide bonds. The summed E-state index contributed by atoms with van der Waals surface area (Å²) >= 11 is 0. The van der Waals surface area contributed by atoms with E-state index >= 15 is 0 Å². The Kier molecular flexibility index (Phi) is 7.28. The Balaban J connectivity index is 1.32. The van der Waals surface area contributed by atoms with Crippen molar-refractivity contribution >= 4 is 11.6 Å². The van der Waals surface area contributed by atoms with Crippen molar-refractivity contribution in [1.29, 1.82) is 0 Å². The number of carbonyl (C=O) groups excluding carboxylic acids is 1. The number of amides is 1. The minimum absolute atomic E-state index is 0.0588. The first-order valence-corrected chi connectivity index (χ1v) is 13.9. The fourth-order valence-corrected chi connectivity index (χ4v) is 5.53. The zero-order chi connectivity index (χ0) is 28.5. The molecule has 7 heteroatoms. The first-order valence-electron chi connectivity index (χ1n) is 13.9. The molecule has 1 aliphatic rings. The normalized spacial score (nSPS) is 14.0. The van der Waals surface area contributed by atoms with E-state index in [1.165, 1.54) is 28.8 Å². The Morgan fingerprint density at radius 2 is 1.59 bits per heavy atom. The van der Waals surface area contributed by atoms with Crippen molar-refractivity contribution in [3.63, 3.8) is 0 Å². The van der Waals surface area contributed by atoms with Crippen LogP contribution in [0.2, 0.25) is 0 Å². The molecule has 0 N–H and O–H groups in total. The number of hydrogen-bond acceptors (Lipinski definition) is 4. The first kappa shape index (κ1) is 26.7. The molecule has 2 aromatic heterocycles. The van der Waals surface area contributed by atoms with Crippen molar-refractivity contribution in [3.8, 4) is 28.1 Å². The number of aryl methyl sites for hydroxylation is 2. The molecule has 0 bridgehead atoms. The van der Waals surface area contributed by atoms with Crippen LogP contribution in [-0.2, 0) is 6.54 Å². The summed E-state index contributed by atoms with van der Waals surface area (Å²) in [5.74, 6) is 0.405. The largest absolute Gasteiger partial charge is 0.497 e. The first-order chi connectivity index (χ1) is 19.9. The number of fused-ring (bicyclic) bond motifs is 1. The van der Waals surface area contributed by atoms with Gasteiger partial charge in [-0.15, -0.1) is 0 Å². The highest BCUT2D eigenvalue weighted by Crippen LogP contribution is 2.31. The summed E-state index contributed by atoms with van der Waals surface area (Å²) in [4.78, 5) is 22.3. The number of carbonyl (C=O) groups is 1. The number of rotatable bonds is 6. The van der Waals surface area contributed by atoms with Crippen LogP contribution in [0.1, 0.15) is 27.2 Å². The van der Waals surface area contributed by atoms with Gasteiger partial charge in [0.25, 0.3) is 5.91 Å². The molecule has 41 heavy (non-hydrogen) atoms. The third kappa shape index (κ3) is 5.45. The molecule has 3 heterocycles. The summed E-state index contributed by atoms with van der Waals surface area (Å²) in [7, 11) is 1.67. The van der Waals surface area contributed by atoms with E-state index in [2.05, 4.69) is 71.8 Å². The highest BCUT2D eigenvalue weighted by atomic mass is 19.1. The fourth-order valence-electron chi connectivity index (χ4n) is 5.53. The van der Waals surface area contributed by atoms with Gasteiger partial charge in [0.1, 0.15) is 17.2 Å². The maximum Gasteiger partial charge on any atom is 0.253 e. The lowest BCUT2D eigenvalue weighted by atomic mass is 10.00. The Hall–Kier alpha value is -4.49. The number of nitrogens with zero attached hydrogens (tertiary/aromatic N) is 4. The van der Waals surface area contributed by atoms with Gasteiger partial charge in [0.15, 0.2) is 0 Å². The van der Waals surface area contributed by atoms with Crippen molar-refractivity contribution in [3.05, 3.63) is 113 Å². The van der Waals surface area contributed by atoms with E-state index in [1.807, 2.05) is 17.0 Å². The third-order valence-electron chi connectivity index (χ3n) is 7.91. The zero-order valence-corrected chi connectivity index (χ0v) is 23.6. The number of halogens is 1. The molecule has 1 aliphatic heterocycles. The average Bonchev–Trinajstić information content (AvgIpc) is 3.36. The average molecular weight is 549 g/mol. The van der Waals surface area contributed by atoms with Gasteiger partial charge in [0.05, 0.1) is 18.5 Å². The lowest BCUT2D eigenvalue weighted by molar-refractivity contribution is 0.0627. The van der Waals surface area contributed by atoms with E-state index in [0.29, 0.717) is 25.2 Å². The van der Waals surface area contributed by atoms with Crippen molar-refractivity contribution in [2.24, 2.45) is 0 Å². The van der Waals surface area contributed by atoms with Gasteiger partial charge in [-0.3, -0.25) is 9.69 Å². The number of benzene rings is 3. The second-order valence-corrected chi connectivity index (χ2v) is 10.7. The van der Waals surface area contributed by atoms with E-state index < -0.39 is 0 Å². The van der Waals surface area contributed by atoms with Gasteiger partial charge >= 0.3 is 0 Å². The molecule has 0 unspecified atom stereocenters. The highest BCUT2D eigenvalue weighted by molar-refractivity contribution is 5.94. The topological polar surface area (TPSA) is 50.1 Å². The van der Waals surface area contributed by atoms with Gasteiger partial charge in [-0.05, 0) is 91.2 Å². The fraction of sp³-hybridized carbons (Fsp3) is 0.235. The summed E-state index contributed by atoms with van der Waals surface area (Å²) < 4.78 is 20.9. The molecular formula is C34H33FN4O2. The van der Waals surface area contributed by atoms with Crippen LogP contribution in [0.4, 0.5) is 4.39 Å². The van der Waals surface area contributed by atoms with Crippen LogP contribution in [0.5, 0.6) is 5.75 Å². The molecule has 1 fully saturated rings. The molecule has 3 aromatic carbocycles. The smallest absolute Gasteiger partial charge is 0.253 e. The Labute approximate surface area is 239 Å². The van der Waals surface area contributed by atoms with Crippen LogP contribution < -0.4 is 4.74 Å². The number of aromatic nitrogens is 2. The summed E-state index contributed by atoms with van der Waals surface area (Å²) in [5, 5.41) is 0. The Morgan fingerprint density at radius 1 is 0.878 bits per heavy atom. The number of piperazine rings is 1. The molecule has 6 nitrogen and oxygen atoms in total. The van der Waals surface area contributed by atoms with Gasteiger partial charge in [-0.25, -0.2) is 9.37 Å². The third-order valence-corrected chi connectivity index (χ3v) is 7.91. The van der Waals surface area contributed by atoms with Crippen LogP contribution >= 0.6 is 0 Å². The number of pyridine rings is 1. The van der Waals surface area contributed by atoms with E-state index in [0.717, 1.165) is 47.0 Å². The van der Waals surface area contributed by atoms with Gasteiger partial charge < -0.3 is 14.0 Å². The van der Waals surface area contributed by atoms with Crippen LogP contribution in [0.3, 0.4) is 0 Å². The van der Waals surface area contributed by atoms with E-state index in [4.69, 9.17) is 9.72 Å². The SMILES string of the molecule is COc1ccc(-c2nc3ccc(-c4cc(C)ccc4C)cn3c2CN2CCN(C(=O)c3ccc(F)cc3)CC2)cc1. The molecule has 0 saturated carbocycles. The predicted octanol–water partition coefficient (Wildman–Crippen LogP) is 6.39. The molecule has 6 rings (SSSR count). The molecule has 0 radical (unpaired) electrons. The predicted molar refractivity (Wildman–Crippen MR) is 160 cm³/mol. The minimum Gasteiger partial charge on any atom is -0.497 e. The van der Waals surface area contributed by atoms with Gasteiger partial charge in [-0.2, -0.15) is 0 Å². The second-order valence-electron chi connectivity index (χ2n) is 10.7. The number of imidazole rings is 1. The van der Waals surface area contributed by atoms with Crippen LogP contribution in [-0.4, -0.2) is 58.4 Å². The maximum atomic E-state index is 13.3. The summed E-state index contributed by atoms with van der Waals surface area (Å²) in [6.07, 6.45) is 2.20. The summed E-state index contributed by atoms with van der Waals surface area (Å²) in [6.45, 7) is 7.64. The van der Waals surface area contributed by atoms with Gasteiger partial charge in [0.2, 0.25) is 0 Å². The Bertz CT molecular complexity index is 1700. The van der Waals surface area contributed by atoms with Crippen molar-refractivity contribution in [2.45, 2.75) is 20.4 Å². The molecular weight excluding hydrogens is 515 g/mol. The van der Waals surface area contributed by atoms with E-state index in [1.54, 1.807) is 19.2 Å². The molecule has 0 aliphatic carbocycles. The highest BCUT2D eigenvalue weighted by Gasteiger charge is 2.25. The lowest BCUT2D eigenvalue weighted by Gasteiger charge is -2.34. The minimum atomic E-state index is -0.340. The van der Waals surface area contributed by atoms with Crippen LogP contribution in [0.15, 0.2) is 85.1 Å². The second kappa shape index (κ2) is 11.2. The van der Waals surface area contributed by atoms with E-state index in [9.17, 15) is 9.18 Å². The number of ether oxygens (including phenoxy) is 1. The monoisotopic (exact) mass is 548 g/mol. The molecule has 1 saturated heterocycles. The summed E-state index contributed by atoms with van der Waals surface area (Å²) in [5.41, 5.74) is 9.30. The van der Waals surface area contributed by atoms with Crippen LogP contribution in [0, 0.1) is 19.7 Å². The molecule has 0 atom stereocenters. The van der Waals surface area contributed by atoms with Crippen molar-refractivity contribution < 1.29 is 13.9 Å². The van der Waals surface area contributed by atoms with Gasteiger partial charge in [0, 0.05) is 50.0 Å². The Morgan fingerprint density at radius 3 is 2.29 bits per heavy atom. The van der Waals surface area contributed by atoms with Crippen molar-refractivity contribution in [2.75, 3.05) is 33.3 Å². The van der Waals surface area contributed by atoms with Gasteiger partial charge in [-0.1, -0.05) is 23.8 Å². The lowest BCUT2D eigenvalue weighted by Crippen LogP contribution is -2.48. The quantitative estimate of drug-likeness (QED) is 0.247. The van der Waals surface area contributed by atoms with Crippen LogP contribution in [0.25, 0.3) is 28.0 Å². The summed E-state index contributed by atoms with van der Waals surface area (Å²) in [6, 6.07) is 24.6. The zero-order valence-electron chi connectivity index (χ0n) is 23.6. The van der Waals surface area contributed by atoms with Crippen molar-refractivity contribution in [1.82, 2.24) is 19.2 Å². The van der Waals surface area contributed by atoms with E-state index in [-0.39, 0.29) is 11.7 Å². The number of hydrogen-bond donors (Lipinski definition) is 0. The molecule has 5 aromatic rings. The maximum absolute atomic E-state index is 13.3. The number of methoxy groups -OCH3 is 1. The molecule has 208 valence electrons. The molecule has 0 spiro atoms. The standard InChI is InChI=1S/C34H33FN4O2/c1-23-4-5-24(2)30(20-23)27-10-15-32-36-33(25-8-13-29(41-3)14-9-25)31(39(32)21-27)22-37-16-18-38(19-17-37)34(40)26-6-11-28(35)12-7-26/h4-15,20-21H,16-19,22H2,1-3H3.